The molecule has 1 amide bonds. The first-order valence-corrected chi connectivity index (χ1v) is 11.0. The van der Waals surface area contributed by atoms with Crippen LogP contribution in [-0.2, 0) is 4.74 Å². The number of hydrogen-bond donors (Lipinski definition) is 1. The van der Waals surface area contributed by atoms with E-state index in [-0.39, 0.29) is 5.91 Å². The maximum Gasteiger partial charge on any atom is 0.255 e. The molecular formula is C22H36N4O2. The Morgan fingerprint density at radius 1 is 1.14 bits per heavy atom. The molecule has 0 aliphatic carbocycles. The Hall–Kier alpha value is -1.66. The largest absolute Gasteiger partial charge is 0.379 e. The number of rotatable bonds is 8. The molecule has 0 aromatic carbocycles. The lowest BCUT2D eigenvalue weighted by molar-refractivity contribution is 0.00191. The second kappa shape index (κ2) is 10.8. The van der Waals surface area contributed by atoms with E-state index in [1.54, 1.807) is 6.20 Å². The summed E-state index contributed by atoms with van der Waals surface area (Å²) in [5, 5.41) is 3.24. The standard InChI is InChI=1S/C22H36N4O2/c1-3-18(4-2)20(25-13-15-28-16-14-25)17-24-22(27)19-9-8-10-23-21(19)26-11-6-5-7-12-26/h8-10,18,20H,3-7,11-17H2,1-2H3,(H,24,27). The van der Waals surface area contributed by atoms with Gasteiger partial charge in [0.15, 0.2) is 0 Å². The van der Waals surface area contributed by atoms with Gasteiger partial charge in [-0.2, -0.15) is 0 Å². The Labute approximate surface area is 169 Å². The highest BCUT2D eigenvalue weighted by Gasteiger charge is 2.28. The van der Waals surface area contributed by atoms with Crippen LogP contribution in [0.25, 0.3) is 0 Å². The first kappa shape index (κ1) is 21.1. The first-order chi connectivity index (χ1) is 13.7. The van der Waals surface area contributed by atoms with Gasteiger partial charge in [-0.25, -0.2) is 4.98 Å². The quantitative estimate of drug-likeness (QED) is 0.742. The van der Waals surface area contributed by atoms with Crippen LogP contribution in [0.3, 0.4) is 0 Å². The van der Waals surface area contributed by atoms with Gasteiger partial charge in [0.05, 0.1) is 18.8 Å². The fourth-order valence-electron chi connectivity index (χ4n) is 4.56. The summed E-state index contributed by atoms with van der Waals surface area (Å²) >= 11 is 0. The molecule has 1 unspecified atom stereocenters. The van der Waals surface area contributed by atoms with Crippen molar-refractivity contribution in [3.63, 3.8) is 0 Å². The van der Waals surface area contributed by atoms with Crippen molar-refractivity contribution in [3.8, 4) is 0 Å². The third-order valence-corrected chi connectivity index (χ3v) is 6.27. The molecule has 6 heteroatoms. The highest BCUT2D eigenvalue weighted by molar-refractivity contribution is 5.98. The lowest BCUT2D eigenvalue weighted by Gasteiger charge is -2.39. The monoisotopic (exact) mass is 388 g/mol. The molecule has 1 aromatic rings. The summed E-state index contributed by atoms with van der Waals surface area (Å²) in [6.45, 7) is 10.6. The van der Waals surface area contributed by atoms with Crippen LogP contribution in [-0.4, -0.2) is 67.8 Å². The van der Waals surface area contributed by atoms with Crippen molar-refractivity contribution in [3.05, 3.63) is 23.9 Å². The number of morpholine rings is 1. The number of carbonyl (C=O) groups is 1. The molecule has 3 rings (SSSR count). The van der Waals surface area contributed by atoms with Gasteiger partial charge in [0.1, 0.15) is 5.82 Å². The number of nitrogens with zero attached hydrogens (tertiary/aromatic N) is 3. The topological polar surface area (TPSA) is 57.7 Å². The third kappa shape index (κ3) is 5.23. The van der Waals surface area contributed by atoms with E-state index in [9.17, 15) is 4.79 Å². The molecule has 156 valence electrons. The minimum atomic E-state index is -0.00195. The molecule has 0 saturated carbocycles. The zero-order valence-corrected chi connectivity index (χ0v) is 17.5. The molecule has 0 bridgehead atoms. The van der Waals surface area contributed by atoms with E-state index in [1.165, 1.54) is 19.3 Å². The van der Waals surface area contributed by atoms with Crippen molar-refractivity contribution in [2.75, 3.05) is 50.8 Å². The summed E-state index contributed by atoms with van der Waals surface area (Å²) in [5.41, 5.74) is 0.703. The van der Waals surface area contributed by atoms with E-state index in [1.807, 2.05) is 12.1 Å². The average molecular weight is 389 g/mol. The normalized spacial score (nSPS) is 19.6. The SMILES string of the molecule is CCC(CC)C(CNC(=O)c1cccnc1N1CCCCC1)N1CCOCC1. The molecule has 0 spiro atoms. The number of pyridine rings is 1. The molecule has 28 heavy (non-hydrogen) atoms. The fraction of sp³-hybridized carbons (Fsp3) is 0.727. The van der Waals surface area contributed by atoms with E-state index in [0.717, 1.165) is 58.1 Å². The zero-order valence-electron chi connectivity index (χ0n) is 17.5. The second-order valence-electron chi connectivity index (χ2n) is 7.92. The maximum atomic E-state index is 13.1. The van der Waals surface area contributed by atoms with Gasteiger partial charge in [-0.3, -0.25) is 9.69 Å². The second-order valence-corrected chi connectivity index (χ2v) is 7.92. The fourth-order valence-corrected chi connectivity index (χ4v) is 4.56. The molecule has 2 saturated heterocycles. The molecule has 0 radical (unpaired) electrons. The van der Waals surface area contributed by atoms with Crippen LogP contribution < -0.4 is 10.2 Å². The summed E-state index contributed by atoms with van der Waals surface area (Å²) in [5.74, 6) is 1.41. The molecule has 2 fully saturated rings. The highest BCUT2D eigenvalue weighted by Crippen LogP contribution is 2.23. The van der Waals surface area contributed by atoms with Crippen LogP contribution in [0, 0.1) is 5.92 Å². The summed E-state index contributed by atoms with van der Waals surface area (Å²) in [6, 6.07) is 4.13. The van der Waals surface area contributed by atoms with Gasteiger partial charge in [-0.05, 0) is 37.3 Å². The lowest BCUT2D eigenvalue weighted by atomic mass is 9.92. The lowest BCUT2D eigenvalue weighted by Crippen LogP contribution is -2.52. The van der Waals surface area contributed by atoms with Gasteiger partial charge in [0.25, 0.3) is 5.91 Å². The number of aromatic nitrogens is 1. The molecule has 6 nitrogen and oxygen atoms in total. The van der Waals surface area contributed by atoms with Crippen molar-refractivity contribution < 1.29 is 9.53 Å². The molecule has 3 heterocycles. The van der Waals surface area contributed by atoms with Crippen molar-refractivity contribution in [2.24, 2.45) is 5.92 Å². The predicted molar refractivity (Wildman–Crippen MR) is 113 cm³/mol. The Morgan fingerprint density at radius 3 is 2.54 bits per heavy atom. The van der Waals surface area contributed by atoms with Crippen LogP contribution >= 0.6 is 0 Å². The predicted octanol–water partition coefficient (Wildman–Crippen LogP) is 2.94. The van der Waals surface area contributed by atoms with Crippen molar-refractivity contribution >= 4 is 11.7 Å². The van der Waals surface area contributed by atoms with Crippen molar-refractivity contribution in [1.29, 1.82) is 0 Å². The van der Waals surface area contributed by atoms with Gasteiger partial charge in [0.2, 0.25) is 0 Å². The molecule has 1 aromatic heterocycles. The molecule has 1 atom stereocenters. The van der Waals surface area contributed by atoms with Crippen LogP contribution in [0.5, 0.6) is 0 Å². The maximum absolute atomic E-state index is 13.1. The van der Waals surface area contributed by atoms with Crippen LogP contribution in [0.15, 0.2) is 18.3 Å². The minimum Gasteiger partial charge on any atom is -0.379 e. The van der Waals surface area contributed by atoms with Gasteiger partial charge >= 0.3 is 0 Å². The van der Waals surface area contributed by atoms with Gasteiger partial charge in [-0.1, -0.05) is 26.7 Å². The number of hydrogen-bond acceptors (Lipinski definition) is 5. The van der Waals surface area contributed by atoms with Gasteiger partial charge in [-0.15, -0.1) is 0 Å². The summed E-state index contributed by atoms with van der Waals surface area (Å²) < 4.78 is 5.53. The molecule has 2 aliphatic rings. The van der Waals surface area contributed by atoms with Crippen LogP contribution in [0.1, 0.15) is 56.3 Å². The summed E-state index contributed by atoms with van der Waals surface area (Å²) in [7, 11) is 0. The van der Waals surface area contributed by atoms with Crippen molar-refractivity contribution in [1.82, 2.24) is 15.2 Å². The van der Waals surface area contributed by atoms with Crippen molar-refractivity contribution in [2.45, 2.75) is 52.0 Å². The van der Waals surface area contributed by atoms with Gasteiger partial charge in [0, 0.05) is 45.0 Å². The van der Waals surface area contributed by atoms with Gasteiger partial charge < -0.3 is 15.0 Å². The van der Waals surface area contributed by atoms with E-state index in [4.69, 9.17) is 4.74 Å². The number of ether oxygens (including phenoxy) is 1. The molecule has 1 N–H and O–H groups in total. The van der Waals surface area contributed by atoms with E-state index in [2.05, 4.69) is 33.9 Å². The van der Waals surface area contributed by atoms with E-state index in [0.29, 0.717) is 24.1 Å². The number of piperidine rings is 1. The minimum absolute atomic E-state index is 0.00195. The third-order valence-electron chi connectivity index (χ3n) is 6.27. The zero-order chi connectivity index (χ0) is 19.8. The Kier molecular flexibility index (Phi) is 8.10. The first-order valence-electron chi connectivity index (χ1n) is 11.0. The number of amides is 1. The Morgan fingerprint density at radius 2 is 1.86 bits per heavy atom. The number of nitrogens with one attached hydrogen (secondary N) is 1. The Bertz CT molecular complexity index is 608. The smallest absolute Gasteiger partial charge is 0.255 e. The molecular weight excluding hydrogens is 352 g/mol. The van der Waals surface area contributed by atoms with E-state index >= 15 is 0 Å². The number of carbonyl (C=O) groups excluding carboxylic acids is 1. The summed E-state index contributed by atoms with van der Waals surface area (Å²) in [4.78, 5) is 22.4. The van der Waals surface area contributed by atoms with E-state index < -0.39 is 0 Å². The Balaban J connectivity index is 1.68. The summed E-state index contributed by atoms with van der Waals surface area (Å²) in [6.07, 6.45) is 7.65. The molecule has 2 aliphatic heterocycles. The van der Waals surface area contributed by atoms with Crippen LogP contribution in [0.4, 0.5) is 5.82 Å². The average Bonchev–Trinajstić information content (AvgIpc) is 2.77. The van der Waals surface area contributed by atoms with Crippen LogP contribution in [0.2, 0.25) is 0 Å². The number of anilines is 1. The highest BCUT2D eigenvalue weighted by atomic mass is 16.5.